The van der Waals surface area contributed by atoms with E-state index in [0.29, 0.717) is 0 Å². The smallest absolute Gasteiger partial charge is 0.303 e. The van der Waals surface area contributed by atoms with Gasteiger partial charge in [0.25, 0.3) is 0 Å². The van der Waals surface area contributed by atoms with E-state index in [4.69, 9.17) is 9.79 Å². The monoisotopic (exact) mass is 536 g/mol. The van der Waals surface area contributed by atoms with Gasteiger partial charge in [-0.1, -0.05) is 161 Å². The average molecular weight is 537 g/mol. The van der Waals surface area contributed by atoms with Gasteiger partial charge in [-0.25, -0.2) is 4.57 Å². The summed E-state index contributed by atoms with van der Waals surface area (Å²) >= 11 is 4.27. The van der Waals surface area contributed by atoms with E-state index >= 15 is 0 Å². The molecule has 0 aromatic rings. The second-order valence-electron chi connectivity index (χ2n) is 10.6. The van der Waals surface area contributed by atoms with E-state index in [-0.39, 0.29) is 6.61 Å². The van der Waals surface area contributed by atoms with Crippen LogP contribution < -0.4 is 0 Å². The van der Waals surface area contributed by atoms with Crippen LogP contribution >= 0.6 is 20.5 Å². The largest absolute Gasteiger partial charge is 0.469 e. The third kappa shape index (κ3) is 34.5. The van der Waals surface area contributed by atoms with Gasteiger partial charge in [0.05, 0.1) is 6.61 Å². The fourth-order valence-electron chi connectivity index (χ4n) is 4.82. The zero-order valence-electron chi connectivity index (χ0n) is 23.1. The first kappa shape index (κ1) is 35.5. The van der Waals surface area contributed by atoms with Crippen LogP contribution in [0.1, 0.15) is 173 Å². The Balaban J connectivity index is 3.04. The first-order valence-corrected chi connectivity index (χ1v) is 17.5. The topological polar surface area (TPSA) is 66.8 Å². The van der Waals surface area contributed by atoms with Crippen molar-refractivity contribution in [1.82, 2.24) is 0 Å². The van der Waals surface area contributed by atoms with Crippen molar-refractivity contribution in [2.45, 2.75) is 173 Å². The minimum atomic E-state index is -4.27. The Kier molecular flexibility index (Phi) is 29.4. The molecule has 0 bridgehead atoms. The van der Waals surface area contributed by atoms with Gasteiger partial charge < -0.3 is 9.79 Å². The number of hydrogen-bond donors (Lipinski definition) is 3. The maximum atomic E-state index is 10.6. The minimum Gasteiger partial charge on any atom is -0.303 e. The summed E-state index contributed by atoms with van der Waals surface area (Å²) in [5.74, 6) is 1.05. The van der Waals surface area contributed by atoms with Crippen LogP contribution in [0.4, 0.5) is 0 Å². The molecule has 0 saturated carbocycles. The number of rotatable bonds is 30. The van der Waals surface area contributed by atoms with E-state index < -0.39 is 7.82 Å². The van der Waals surface area contributed by atoms with Crippen LogP contribution in [0.3, 0.4) is 0 Å². The molecule has 6 heteroatoms. The van der Waals surface area contributed by atoms with Gasteiger partial charge in [0.15, 0.2) is 0 Å². The number of hydrogen-bond acceptors (Lipinski definition) is 3. The van der Waals surface area contributed by atoms with Crippen molar-refractivity contribution >= 4 is 20.5 Å². The van der Waals surface area contributed by atoms with E-state index in [1.54, 1.807) is 0 Å². The molecule has 0 rings (SSSR count). The minimum absolute atomic E-state index is 0.169. The molecule has 0 fully saturated rings. The highest BCUT2D eigenvalue weighted by Gasteiger charge is 2.12. The SMILES string of the molecule is O=P(O)(O)OCCCCCCCCCCCCCCCCCCCCCCCCCCCCCS. The fourth-order valence-corrected chi connectivity index (χ4v) is 5.41. The Morgan fingerprint density at radius 3 is 0.800 bits per heavy atom. The van der Waals surface area contributed by atoms with E-state index in [1.807, 2.05) is 0 Å². The van der Waals surface area contributed by atoms with E-state index in [1.165, 1.54) is 154 Å². The zero-order chi connectivity index (χ0) is 25.7. The van der Waals surface area contributed by atoms with Gasteiger partial charge in [0.1, 0.15) is 0 Å². The van der Waals surface area contributed by atoms with Crippen LogP contribution in [0.15, 0.2) is 0 Å². The molecule has 0 radical (unpaired) electrons. The molecular weight excluding hydrogens is 475 g/mol. The highest BCUT2D eigenvalue weighted by Crippen LogP contribution is 2.35. The van der Waals surface area contributed by atoms with Gasteiger partial charge in [-0.3, -0.25) is 4.52 Å². The molecule has 0 spiro atoms. The summed E-state index contributed by atoms with van der Waals surface area (Å²) in [4.78, 5) is 17.2. The van der Waals surface area contributed by atoms with Gasteiger partial charge in [-0.05, 0) is 18.6 Å². The standard InChI is InChI=1S/C29H61O4PS/c30-34(31,32)33-28-26-24-22-20-18-16-14-12-10-8-6-4-2-1-3-5-7-9-11-13-15-17-19-21-23-25-27-29-35/h35H,1-29H2,(H2,30,31,32). The van der Waals surface area contributed by atoms with E-state index in [2.05, 4.69) is 17.2 Å². The molecule has 0 heterocycles. The number of thiol groups is 1. The summed E-state index contributed by atoms with van der Waals surface area (Å²) in [5.41, 5.74) is 0. The predicted octanol–water partition coefficient (Wildman–Crippen LogP) is 10.6. The lowest BCUT2D eigenvalue weighted by molar-refractivity contribution is 0.193. The number of phosphoric acid groups is 1. The van der Waals surface area contributed by atoms with Crippen molar-refractivity contribution < 1.29 is 18.9 Å². The molecule has 4 nitrogen and oxygen atoms in total. The second kappa shape index (κ2) is 29.0. The molecule has 35 heavy (non-hydrogen) atoms. The van der Waals surface area contributed by atoms with Crippen LogP contribution in [0.5, 0.6) is 0 Å². The fraction of sp³-hybridized carbons (Fsp3) is 1.00. The molecular formula is C29H61O4PS. The van der Waals surface area contributed by atoms with Crippen LogP contribution in [-0.2, 0) is 9.09 Å². The lowest BCUT2D eigenvalue weighted by Crippen LogP contribution is -1.92. The van der Waals surface area contributed by atoms with Gasteiger partial charge in [-0.15, -0.1) is 0 Å². The van der Waals surface area contributed by atoms with E-state index in [0.717, 1.165) is 25.0 Å². The Morgan fingerprint density at radius 2 is 0.600 bits per heavy atom. The quantitative estimate of drug-likeness (QED) is 0.0485. The van der Waals surface area contributed by atoms with Crippen molar-refractivity contribution in [2.24, 2.45) is 0 Å². The zero-order valence-corrected chi connectivity index (χ0v) is 24.9. The first-order chi connectivity index (χ1) is 17.1. The van der Waals surface area contributed by atoms with Crippen LogP contribution in [-0.4, -0.2) is 22.1 Å². The molecule has 212 valence electrons. The Morgan fingerprint density at radius 1 is 0.400 bits per heavy atom. The maximum Gasteiger partial charge on any atom is 0.469 e. The molecule has 0 saturated heterocycles. The highest BCUT2D eigenvalue weighted by atomic mass is 32.1. The Hall–Kier alpha value is 0.460. The first-order valence-electron chi connectivity index (χ1n) is 15.4. The van der Waals surface area contributed by atoms with Gasteiger partial charge >= 0.3 is 7.82 Å². The molecule has 0 aromatic carbocycles. The molecule has 0 aliphatic carbocycles. The predicted molar refractivity (Wildman–Crippen MR) is 157 cm³/mol. The lowest BCUT2D eigenvalue weighted by atomic mass is 10.0. The third-order valence-corrected chi connectivity index (χ3v) is 7.90. The van der Waals surface area contributed by atoms with Gasteiger partial charge in [0.2, 0.25) is 0 Å². The summed E-state index contributed by atoms with van der Waals surface area (Å²) in [5, 5.41) is 0. The molecule has 0 aliphatic rings. The number of phosphoric ester groups is 1. The summed E-state index contributed by atoms with van der Waals surface area (Å²) in [7, 11) is -4.27. The normalized spacial score (nSPS) is 12.0. The Labute approximate surface area is 224 Å². The van der Waals surface area contributed by atoms with Crippen molar-refractivity contribution in [2.75, 3.05) is 12.4 Å². The van der Waals surface area contributed by atoms with Crippen molar-refractivity contribution in [3.05, 3.63) is 0 Å². The van der Waals surface area contributed by atoms with Gasteiger partial charge in [-0.2, -0.15) is 12.6 Å². The molecule has 0 aliphatic heterocycles. The third-order valence-electron chi connectivity index (χ3n) is 7.06. The molecule has 0 aromatic heterocycles. The van der Waals surface area contributed by atoms with Crippen LogP contribution in [0.2, 0.25) is 0 Å². The summed E-state index contributed by atoms with van der Waals surface area (Å²) < 4.78 is 15.0. The summed E-state index contributed by atoms with van der Waals surface area (Å²) in [6.45, 7) is 0.169. The second-order valence-corrected chi connectivity index (χ2v) is 12.3. The summed E-state index contributed by atoms with van der Waals surface area (Å²) in [6.07, 6.45) is 36.6. The average Bonchev–Trinajstić information content (AvgIpc) is 2.82. The molecule has 0 atom stereocenters. The molecule has 2 N–H and O–H groups in total. The molecule has 0 unspecified atom stereocenters. The van der Waals surface area contributed by atoms with E-state index in [9.17, 15) is 4.57 Å². The van der Waals surface area contributed by atoms with Gasteiger partial charge in [0, 0.05) is 0 Å². The highest BCUT2D eigenvalue weighted by molar-refractivity contribution is 7.80. The van der Waals surface area contributed by atoms with Crippen LogP contribution in [0, 0.1) is 0 Å². The number of unbranched alkanes of at least 4 members (excludes halogenated alkanes) is 26. The summed E-state index contributed by atoms with van der Waals surface area (Å²) in [6, 6.07) is 0. The maximum absolute atomic E-state index is 10.6. The Bertz CT molecular complexity index is 444. The van der Waals surface area contributed by atoms with Crippen molar-refractivity contribution in [3.63, 3.8) is 0 Å². The van der Waals surface area contributed by atoms with Crippen LogP contribution in [0.25, 0.3) is 0 Å². The van der Waals surface area contributed by atoms with Crippen molar-refractivity contribution in [3.8, 4) is 0 Å². The lowest BCUT2D eigenvalue weighted by Gasteiger charge is -2.05. The molecule has 0 amide bonds. The van der Waals surface area contributed by atoms with Crippen molar-refractivity contribution in [1.29, 1.82) is 0 Å².